The minimum atomic E-state index is -1.36. The number of nitrogens with zero attached hydrogens (tertiary/aromatic N) is 3. The Hall–Kier alpha value is -5.90. The van der Waals surface area contributed by atoms with Gasteiger partial charge in [-0.05, 0) is 66.3 Å². The van der Waals surface area contributed by atoms with Gasteiger partial charge in [0.05, 0.1) is 36.8 Å². The van der Waals surface area contributed by atoms with Crippen molar-refractivity contribution in [1.82, 2.24) is 20.1 Å². The van der Waals surface area contributed by atoms with E-state index in [0.29, 0.717) is 63.7 Å². The highest BCUT2D eigenvalue weighted by atomic mass is 32.2. The second-order valence-corrected chi connectivity index (χ2v) is 17.1. The lowest BCUT2D eigenvalue weighted by atomic mass is 9.86. The largest absolute Gasteiger partial charge is 0.496 e. The fraction of sp³-hybridized carbons (Fsp3) is 0.356. The first kappa shape index (κ1) is 42.2. The SMILES string of the molecule is COc1cc(Nc2cc(Oc3ccc(NC(=O)Nc4cc(C(C)(C)C)cc(NS(C)=O)c4OC)c4ccccc34)ccn2)ccc1C(=O)NCCN1CCN(C2CC2)CC1. The maximum absolute atomic E-state index is 13.5. The van der Waals surface area contributed by atoms with Crippen LogP contribution in [0.5, 0.6) is 23.0 Å². The Morgan fingerprint density at radius 3 is 2.27 bits per heavy atom. The van der Waals surface area contributed by atoms with E-state index in [1.807, 2.05) is 42.5 Å². The lowest BCUT2D eigenvalue weighted by Gasteiger charge is -2.34. The molecule has 0 radical (unpaired) electrons. The van der Waals surface area contributed by atoms with Crippen LogP contribution in [0.4, 0.5) is 33.4 Å². The van der Waals surface area contributed by atoms with E-state index in [1.54, 1.807) is 49.7 Å². The molecule has 316 valence electrons. The molecule has 15 heteroatoms. The number of benzene rings is 4. The van der Waals surface area contributed by atoms with Gasteiger partial charge in [-0.3, -0.25) is 14.6 Å². The van der Waals surface area contributed by atoms with Gasteiger partial charge in [0.15, 0.2) is 5.75 Å². The normalized spacial score (nSPS) is 15.2. The van der Waals surface area contributed by atoms with E-state index in [2.05, 4.69) is 61.5 Å². The van der Waals surface area contributed by atoms with Crippen molar-refractivity contribution in [2.45, 2.75) is 45.1 Å². The van der Waals surface area contributed by atoms with Crippen LogP contribution in [0.3, 0.4) is 0 Å². The third-order valence-corrected chi connectivity index (χ3v) is 11.2. The van der Waals surface area contributed by atoms with E-state index in [9.17, 15) is 13.8 Å². The van der Waals surface area contributed by atoms with Crippen molar-refractivity contribution in [3.05, 3.63) is 96.2 Å². The number of carbonyl (C=O) groups is 2. The Bertz CT molecular complexity index is 2370. The van der Waals surface area contributed by atoms with Crippen molar-refractivity contribution >= 4 is 62.3 Å². The van der Waals surface area contributed by atoms with Crippen molar-refractivity contribution in [2.75, 3.05) is 80.4 Å². The molecule has 1 unspecified atom stereocenters. The predicted molar refractivity (Wildman–Crippen MR) is 240 cm³/mol. The number of carbonyl (C=O) groups excluding carboxylic acids is 2. The maximum Gasteiger partial charge on any atom is 0.323 e. The Balaban J connectivity index is 0.999. The highest BCUT2D eigenvalue weighted by molar-refractivity contribution is 7.85. The van der Waals surface area contributed by atoms with Crippen molar-refractivity contribution in [2.24, 2.45) is 0 Å². The fourth-order valence-electron chi connectivity index (χ4n) is 7.34. The van der Waals surface area contributed by atoms with Crippen LogP contribution < -0.4 is 40.2 Å². The second kappa shape index (κ2) is 18.6. The van der Waals surface area contributed by atoms with Crippen LogP contribution in [-0.4, -0.2) is 96.7 Å². The van der Waals surface area contributed by atoms with Gasteiger partial charge < -0.3 is 40.2 Å². The van der Waals surface area contributed by atoms with Crippen LogP contribution >= 0.6 is 0 Å². The quantitative estimate of drug-likeness (QED) is 0.0701. The number of nitrogens with one attached hydrogen (secondary N) is 5. The summed E-state index contributed by atoms with van der Waals surface area (Å²) in [7, 11) is 1.69. The molecular weight excluding hydrogens is 781 g/mol. The number of pyridine rings is 1. The summed E-state index contributed by atoms with van der Waals surface area (Å²) in [4.78, 5) is 36.2. The summed E-state index contributed by atoms with van der Waals surface area (Å²) in [6.07, 6.45) is 5.84. The van der Waals surface area contributed by atoms with Gasteiger partial charge >= 0.3 is 6.03 Å². The molecule has 14 nitrogen and oxygen atoms in total. The molecule has 2 heterocycles. The number of urea groups is 1. The highest BCUT2D eigenvalue weighted by Gasteiger charge is 2.31. The number of aromatic nitrogens is 1. The van der Waals surface area contributed by atoms with E-state index in [0.717, 1.165) is 55.1 Å². The number of methoxy groups -OCH3 is 2. The van der Waals surface area contributed by atoms with E-state index >= 15 is 0 Å². The molecule has 2 fully saturated rings. The van der Waals surface area contributed by atoms with Crippen LogP contribution in [0.15, 0.2) is 85.1 Å². The van der Waals surface area contributed by atoms with E-state index < -0.39 is 17.0 Å². The fourth-order valence-corrected chi connectivity index (χ4v) is 7.80. The lowest BCUT2D eigenvalue weighted by Crippen LogP contribution is -2.49. The third kappa shape index (κ3) is 10.4. The molecule has 60 heavy (non-hydrogen) atoms. The molecule has 3 amide bonds. The topological polar surface area (TPSA) is 158 Å². The Morgan fingerprint density at radius 1 is 0.833 bits per heavy atom. The molecule has 1 aliphatic carbocycles. The summed E-state index contributed by atoms with van der Waals surface area (Å²) in [6, 6.07) is 24.2. The summed E-state index contributed by atoms with van der Waals surface area (Å²) in [5, 5.41) is 13.8. The molecule has 1 saturated carbocycles. The van der Waals surface area contributed by atoms with E-state index in [4.69, 9.17) is 14.2 Å². The van der Waals surface area contributed by atoms with Crippen molar-refractivity contribution in [3.8, 4) is 23.0 Å². The number of rotatable bonds is 15. The standard InChI is InChI=1S/C45H54N8O6S/c1-45(2,3)29-25-37(42(58-5)38(26-29)51-60(6)56)50-44(55)49-36-15-16-39(34-10-8-7-9-33(34)36)59-32-17-18-46-41(28-32)48-30-11-14-35(40(27-30)57-4)43(54)47-19-20-52-21-23-53(24-22-52)31-12-13-31/h7-11,14-18,25-28,31,51H,12-13,19-24H2,1-6H3,(H,46,48)(H,47,54)(H2,49,50,55). The molecule has 0 spiro atoms. The van der Waals surface area contributed by atoms with Gasteiger partial charge in [0.1, 0.15) is 34.1 Å². The number of anilines is 5. The second-order valence-electron chi connectivity index (χ2n) is 16.0. The number of ether oxygens (including phenoxy) is 3. The molecule has 4 aromatic carbocycles. The van der Waals surface area contributed by atoms with Crippen LogP contribution in [0, 0.1) is 0 Å². The van der Waals surface area contributed by atoms with Crippen LogP contribution in [0.25, 0.3) is 10.8 Å². The molecule has 1 saturated heterocycles. The van der Waals surface area contributed by atoms with Gasteiger partial charge in [-0.15, -0.1) is 0 Å². The van der Waals surface area contributed by atoms with Crippen molar-refractivity contribution in [3.63, 3.8) is 0 Å². The van der Waals surface area contributed by atoms with E-state index in [1.165, 1.54) is 26.2 Å². The van der Waals surface area contributed by atoms with Crippen LogP contribution in [0.1, 0.15) is 49.5 Å². The average Bonchev–Trinajstić information content (AvgIpc) is 4.07. The maximum atomic E-state index is 13.5. The molecule has 1 aliphatic heterocycles. The predicted octanol–water partition coefficient (Wildman–Crippen LogP) is 7.94. The molecule has 0 bridgehead atoms. The summed E-state index contributed by atoms with van der Waals surface area (Å²) in [6.45, 7) is 11.8. The molecule has 7 rings (SSSR count). The first-order valence-electron chi connectivity index (χ1n) is 20.1. The average molecular weight is 835 g/mol. The number of piperazine rings is 1. The van der Waals surface area contributed by atoms with Crippen LogP contribution in [-0.2, 0) is 16.4 Å². The zero-order valence-electron chi connectivity index (χ0n) is 35.0. The van der Waals surface area contributed by atoms with E-state index in [-0.39, 0.29) is 11.3 Å². The molecular formula is C45H54N8O6S. The van der Waals surface area contributed by atoms with Crippen LogP contribution in [0.2, 0.25) is 0 Å². The monoisotopic (exact) mass is 834 g/mol. The molecule has 2 aliphatic rings. The number of hydrogen-bond donors (Lipinski definition) is 5. The highest BCUT2D eigenvalue weighted by Crippen LogP contribution is 2.40. The Morgan fingerprint density at radius 2 is 1.57 bits per heavy atom. The number of fused-ring (bicyclic) bond motifs is 1. The Kier molecular flexibility index (Phi) is 13.1. The molecule has 5 aromatic rings. The lowest BCUT2D eigenvalue weighted by molar-refractivity contribution is 0.0931. The summed E-state index contributed by atoms with van der Waals surface area (Å²) >= 11 is 0. The summed E-state index contributed by atoms with van der Waals surface area (Å²) < 4.78 is 32.7. The first-order valence-corrected chi connectivity index (χ1v) is 21.7. The molecule has 1 aromatic heterocycles. The summed E-state index contributed by atoms with van der Waals surface area (Å²) in [5.74, 6) is 2.28. The molecule has 5 N–H and O–H groups in total. The number of hydrogen-bond acceptors (Lipinski definition) is 10. The smallest absolute Gasteiger partial charge is 0.323 e. The minimum absolute atomic E-state index is 0.179. The minimum Gasteiger partial charge on any atom is -0.496 e. The zero-order valence-corrected chi connectivity index (χ0v) is 35.8. The van der Waals surface area contributed by atoms with Crippen molar-refractivity contribution < 1.29 is 28.0 Å². The van der Waals surface area contributed by atoms with Gasteiger partial charge in [-0.2, -0.15) is 0 Å². The molecule has 1 atom stereocenters. The Labute approximate surface area is 354 Å². The van der Waals surface area contributed by atoms with Gasteiger partial charge in [-0.25, -0.2) is 14.0 Å². The summed E-state index contributed by atoms with van der Waals surface area (Å²) in [5.41, 5.74) is 3.32. The van der Waals surface area contributed by atoms with Gasteiger partial charge in [-0.1, -0.05) is 45.0 Å². The number of amides is 3. The third-order valence-electron chi connectivity index (χ3n) is 10.7. The first-order chi connectivity index (χ1) is 28.9. The van der Waals surface area contributed by atoms with Crippen molar-refractivity contribution in [1.29, 1.82) is 0 Å². The van der Waals surface area contributed by atoms with Gasteiger partial charge in [0, 0.05) is 86.4 Å². The zero-order chi connectivity index (χ0) is 42.4. The van der Waals surface area contributed by atoms with Gasteiger partial charge in [0.25, 0.3) is 5.91 Å². The van der Waals surface area contributed by atoms with Gasteiger partial charge in [0.2, 0.25) is 0 Å².